The standard InChI is InChI=1S/C12H9N3O4/c16-15(17)9-4-1-5-10-11(9)14-12(19-10)13-7-8-3-2-6-18-8/h1-6H,7H2,(H,13,14). The lowest BCUT2D eigenvalue weighted by molar-refractivity contribution is -0.383. The summed E-state index contributed by atoms with van der Waals surface area (Å²) in [6, 6.07) is 8.38. The smallest absolute Gasteiger partial charge is 0.298 e. The molecule has 19 heavy (non-hydrogen) atoms. The quantitative estimate of drug-likeness (QED) is 0.571. The molecule has 0 unspecified atom stereocenters. The van der Waals surface area contributed by atoms with Crippen LogP contribution in [0, 0.1) is 10.1 Å². The minimum Gasteiger partial charge on any atom is -0.467 e. The number of aromatic nitrogens is 1. The fourth-order valence-electron chi connectivity index (χ4n) is 1.73. The van der Waals surface area contributed by atoms with Crippen LogP contribution in [0.4, 0.5) is 11.7 Å². The van der Waals surface area contributed by atoms with E-state index in [4.69, 9.17) is 8.83 Å². The average Bonchev–Trinajstić information content (AvgIpc) is 3.04. The van der Waals surface area contributed by atoms with E-state index in [0.29, 0.717) is 12.1 Å². The summed E-state index contributed by atoms with van der Waals surface area (Å²) in [4.78, 5) is 14.4. The van der Waals surface area contributed by atoms with E-state index >= 15 is 0 Å². The van der Waals surface area contributed by atoms with Crippen LogP contribution in [0.5, 0.6) is 0 Å². The van der Waals surface area contributed by atoms with E-state index in [0.717, 1.165) is 5.76 Å². The first-order valence-corrected chi connectivity index (χ1v) is 5.54. The molecule has 3 rings (SSSR count). The van der Waals surface area contributed by atoms with Crippen molar-refractivity contribution >= 4 is 22.8 Å². The van der Waals surface area contributed by atoms with Crippen molar-refractivity contribution < 1.29 is 13.8 Å². The molecule has 0 radical (unpaired) electrons. The predicted molar refractivity (Wildman–Crippen MR) is 66.7 cm³/mol. The van der Waals surface area contributed by atoms with Crippen molar-refractivity contribution in [3.05, 3.63) is 52.5 Å². The maximum Gasteiger partial charge on any atom is 0.298 e. The van der Waals surface area contributed by atoms with Gasteiger partial charge in [-0.2, -0.15) is 4.98 Å². The molecule has 0 saturated carbocycles. The molecule has 2 aromatic heterocycles. The van der Waals surface area contributed by atoms with Crippen LogP contribution in [0.2, 0.25) is 0 Å². The third kappa shape index (κ3) is 2.13. The molecule has 0 aliphatic rings. The number of non-ortho nitro benzene ring substituents is 1. The molecule has 0 atom stereocenters. The van der Waals surface area contributed by atoms with Crippen LogP contribution in [-0.2, 0) is 6.54 Å². The lowest BCUT2D eigenvalue weighted by atomic mass is 10.3. The summed E-state index contributed by atoms with van der Waals surface area (Å²) in [5.41, 5.74) is 0.526. The number of nitrogens with zero attached hydrogens (tertiary/aromatic N) is 2. The van der Waals surface area contributed by atoms with Gasteiger partial charge in [0.05, 0.1) is 17.7 Å². The van der Waals surface area contributed by atoms with Gasteiger partial charge in [-0.3, -0.25) is 10.1 Å². The Labute approximate surface area is 107 Å². The maximum absolute atomic E-state index is 10.9. The highest BCUT2D eigenvalue weighted by Crippen LogP contribution is 2.27. The van der Waals surface area contributed by atoms with Gasteiger partial charge in [0.2, 0.25) is 0 Å². The lowest BCUT2D eigenvalue weighted by Gasteiger charge is -1.96. The summed E-state index contributed by atoms with van der Waals surface area (Å²) >= 11 is 0. The second-order valence-electron chi connectivity index (χ2n) is 3.83. The number of nitrogens with one attached hydrogen (secondary N) is 1. The highest BCUT2D eigenvalue weighted by atomic mass is 16.6. The van der Waals surface area contributed by atoms with Gasteiger partial charge in [0.1, 0.15) is 5.76 Å². The molecular weight excluding hydrogens is 250 g/mol. The van der Waals surface area contributed by atoms with E-state index < -0.39 is 4.92 Å². The van der Waals surface area contributed by atoms with Gasteiger partial charge in [-0.25, -0.2) is 0 Å². The number of furan rings is 1. The van der Waals surface area contributed by atoms with Crippen LogP contribution in [0.1, 0.15) is 5.76 Å². The van der Waals surface area contributed by atoms with Crippen LogP contribution < -0.4 is 5.32 Å². The number of oxazole rings is 1. The van der Waals surface area contributed by atoms with Crippen molar-refractivity contribution in [1.82, 2.24) is 4.98 Å². The number of nitro groups is 1. The largest absolute Gasteiger partial charge is 0.467 e. The van der Waals surface area contributed by atoms with E-state index in [-0.39, 0.29) is 17.2 Å². The first kappa shape index (κ1) is 11.3. The van der Waals surface area contributed by atoms with Crippen LogP contribution in [0.15, 0.2) is 45.4 Å². The van der Waals surface area contributed by atoms with E-state index in [1.807, 2.05) is 0 Å². The second-order valence-corrected chi connectivity index (χ2v) is 3.83. The summed E-state index contributed by atoms with van der Waals surface area (Å²) in [7, 11) is 0. The number of benzene rings is 1. The third-order valence-corrected chi connectivity index (χ3v) is 2.59. The molecule has 1 N–H and O–H groups in total. The molecule has 2 heterocycles. The van der Waals surface area contributed by atoms with Gasteiger partial charge in [0.25, 0.3) is 11.7 Å². The number of fused-ring (bicyclic) bond motifs is 1. The summed E-state index contributed by atoms with van der Waals surface area (Å²) in [6.07, 6.45) is 1.56. The van der Waals surface area contributed by atoms with Gasteiger partial charge in [-0.05, 0) is 18.2 Å². The summed E-state index contributed by atoms with van der Waals surface area (Å²) < 4.78 is 10.5. The zero-order chi connectivity index (χ0) is 13.2. The summed E-state index contributed by atoms with van der Waals surface area (Å²) in [5.74, 6) is 0.719. The van der Waals surface area contributed by atoms with E-state index in [1.165, 1.54) is 6.07 Å². The van der Waals surface area contributed by atoms with E-state index in [9.17, 15) is 10.1 Å². The number of para-hydroxylation sites is 1. The van der Waals surface area contributed by atoms with Gasteiger partial charge in [0.15, 0.2) is 11.1 Å². The van der Waals surface area contributed by atoms with Gasteiger partial charge >= 0.3 is 0 Å². The molecule has 7 nitrogen and oxygen atoms in total. The molecule has 0 aliphatic carbocycles. The molecule has 0 fully saturated rings. The Kier molecular flexibility index (Phi) is 2.64. The molecule has 3 aromatic rings. The zero-order valence-electron chi connectivity index (χ0n) is 9.70. The summed E-state index contributed by atoms with van der Waals surface area (Å²) in [5, 5.41) is 13.8. The molecular formula is C12H9N3O4. The molecule has 0 amide bonds. The van der Waals surface area contributed by atoms with E-state index in [2.05, 4.69) is 10.3 Å². The van der Waals surface area contributed by atoms with Crippen LogP contribution >= 0.6 is 0 Å². The Balaban J connectivity index is 1.89. The molecule has 0 aliphatic heterocycles. The lowest BCUT2D eigenvalue weighted by Crippen LogP contribution is -1.97. The molecule has 7 heteroatoms. The molecule has 0 saturated heterocycles. The number of hydrogen-bond donors (Lipinski definition) is 1. The Hall–Kier alpha value is -2.83. The Bertz CT molecular complexity index is 718. The number of hydrogen-bond acceptors (Lipinski definition) is 6. The number of nitro benzene ring substituents is 1. The SMILES string of the molecule is O=[N+]([O-])c1cccc2oc(NCc3ccco3)nc12. The fraction of sp³-hybridized carbons (Fsp3) is 0.0833. The molecule has 0 spiro atoms. The van der Waals surface area contributed by atoms with Crippen LogP contribution in [0.25, 0.3) is 11.1 Å². The molecule has 0 bridgehead atoms. The van der Waals surface area contributed by atoms with Gasteiger partial charge in [-0.15, -0.1) is 0 Å². The second kappa shape index (κ2) is 4.45. The first-order valence-electron chi connectivity index (χ1n) is 5.54. The van der Waals surface area contributed by atoms with Crippen LogP contribution in [-0.4, -0.2) is 9.91 Å². The zero-order valence-corrected chi connectivity index (χ0v) is 9.70. The first-order chi connectivity index (χ1) is 9.24. The third-order valence-electron chi connectivity index (χ3n) is 2.59. The van der Waals surface area contributed by atoms with Crippen molar-refractivity contribution in [3.63, 3.8) is 0 Å². The van der Waals surface area contributed by atoms with Crippen molar-refractivity contribution in [2.45, 2.75) is 6.54 Å². The molecule has 96 valence electrons. The molecule has 1 aromatic carbocycles. The average molecular weight is 259 g/mol. The Morgan fingerprint density at radius 1 is 1.32 bits per heavy atom. The van der Waals surface area contributed by atoms with Crippen molar-refractivity contribution in [2.24, 2.45) is 0 Å². The Morgan fingerprint density at radius 3 is 2.95 bits per heavy atom. The monoisotopic (exact) mass is 259 g/mol. The maximum atomic E-state index is 10.9. The van der Waals surface area contributed by atoms with Crippen molar-refractivity contribution in [2.75, 3.05) is 5.32 Å². The fourth-order valence-corrected chi connectivity index (χ4v) is 1.73. The Morgan fingerprint density at radius 2 is 2.21 bits per heavy atom. The topological polar surface area (TPSA) is 94.3 Å². The normalized spacial score (nSPS) is 10.7. The predicted octanol–water partition coefficient (Wildman–Crippen LogP) is 2.94. The van der Waals surface area contributed by atoms with Gasteiger partial charge in [0, 0.05) is 6.07 Å². The van der Waals surface area contributed by atoms with E-state index in [1.54, 1.807) is 30.5 Å². The highest BCUT2D eigenvalue weighted by Gasteiger charge is 2.17. The van der Waals surface area contributed by atoms with Crippen molar-refractivity contribution in [1.29, 1.82) is 0 Å². The summed E-state index contributed by atoms with van der Waals surface area (Å²) in [6.45, 7) is 0.396. The minimum absolute atomic E-state index is 0.0766. The van der Waals surface area contributed by atoms with Gasteiger partial charge in [-0.1, -0.05) is 6.07 Å². The van der Waals surface area contributed by atoms with Crippen LogP contribution in [0.3, 0.4) is 0 Å². The van der Waals surface area contributed by atoms with Crippen molar-refractivity contribution in [3.8, 4) is 0 Å². The van der Waals surface area contributed by atoms with Gasteiger partial charge < -0.3 is 14.2 Å². The number of rotatable bonds is 4. The minimum atomic E-state index is -0.485. The highest BCUT2D eigenvalue weighted by molar-refractivity contribution is 5.83. The number of anilines is 1.